The van der Waals surface area contributed by atoms with Gasteiger partial charge in [0.05, 0.1) is 13.0 Å². The number of carboxylic acid groups (broad SMARTS) is 1. The zero-order chi connectivity index (χ0) is 12.4. The van der Waals surface area contributed by atoms with Gasteiger partial charge in [0.15, 0.2) is 0 Å². The Morgan fingerprint density at radius 2 is 2.06 bits per heavy atom. The number of carbonyl (C=O) groups is 2. The fourth-order valence-corrected chi connectivity index (χ4v) is 1.24. The molecule has 0 atom stereocenters. The molecule has 6 nitrogen and oxygen atoms in total. The van der Waals surface area contributed by atoms with E-state index in [1.165, 1.54) is 0 Å². The smallest absolute Gasteiger partial charge is 0.304 e. The van der Waals surface area contributed by atoms with Crippen LogP contribution in [-0.2, 0) is 14.3 Å². The highest BCUT2D eigenvalue weighted by Gasteiger charge is 2.10. The van der Waals surface area contributed by atoms with Gasteiger partial charge in [0.25, 0.3) is 0 Å². The molecule has 0 unspecified atom stereocenters. The SMILES string of the molecule is CNC(=O)CN(CCCOC)CCC(=O)O. The number of carboxylic acids is 1. The van der Waals surface area contributed by atoms with Crippen LogP contribution < -0.4 is 5.32 Å². The van der Waals surface area contributed by atoms with Crippen LogP contribution in [-0.4, -0.2) is 62.3 Å². The molecule has 0 spiro atoms. The number of nitrogens with one attached hydrogen (secondary N) is 1. The summed E-state index contributed by atoms with van der Waals surface area (Å²) in [6, 6.07) is 0. The predicted octanol–water partition coefficient (Wildman–Crippen LogP) is -0.454. The van der Waals surface area contributed by atoms with Gasteiger partial charge in [-0.2, -0.15) is 0 Å². The van der Waals surface area contributed by atoms with Crippen LogP contribution in [0.2, 0.25) is 0 Å². The second-order valence-electron chi connectivity index (χ2n) is 3.44. The lowest BCUT2D eigenvalue weighted by Gasteiger charge is -2.20. The monoisotopic (exact) mass is 232 g/mol. The minimum Gasteiger partial charge on any atom is -0.481 e. The predicted molar refractivity (Wildman–Crippen MR) is 59.3 cm³/mol. The summed E-state index contributed by atoms with van der Waals surface area (Å²) in [6.07, 6.45) is 0.830. The first kappa shape index (κ1) is 14.9. The highest BCUT2D eigenvalue weighted by Crippen LogP contribution is 1.95. The molecular formula is C10H20N2O4. The van der Waals surface area contributed by atoms with Crippen molar-refractivity contribution >= 4 is 11.9 Å². The Morgan fingerprint density at radius 3 is 2.56 bits per heavy atom. The van der Waals surface area contributed by atoms with Crippen LogP contribution in [0.4, 0.5) is 0 Å². The molecule has 0 heterocycles. The first-order valence-electron chi connectivity index (χ1n) is 5.23. The summed E-state index contributed by atoms with van der Waals surface area (Å²) in [4.78, 5) is 23.4. The minimum atomic E-state index is -0.853. The maximum Gasteiger partial charge on any atom is 0.304 e. The third-order valence-electron chi connectivity index (χ3n) is 2.11. The Bertz CT molecular complexity index is 221. The topological polar surface area (TPSA) is 78.9 Å². The lowest BCUT2D eigenvalue weighted by molar-refractivity contribution is -0.137. The summed E-state index contributed by atoms with van der Waals surface area (Å²) in [5, 5.41) is 11.1. The zero-order valence-electron chi connectivity index (χ0n) is 9.86. The van der Waals surface area contributed by atoms with Gasteiger partial charge in [-0.25, -0.2) is 0 Å². The first-order valence-corrected chi connectivity index (χ1v) is 5.23. The Kier molecular flexibility index (Phi) is 8.46. The maximum atomic E-state index is 11.2. The van der Waals surface area contributed by atoms with Crippen molar-refractivity contribution in [1.82, 2.24) is 10.2 Å². The number of carbonyl (C=O) groups excluding carboxylic acids is 1. The van der Waals surface area contributed by atoms with Crippen molar-refractivity contribution in [2.45, 2.75) is 12.8 Å². The Morgan fingerprint density at radius 1 is 1.38 bits per heavy atom. The molecule has 0 fully saturated rings. The van der Waals surface area contributed by atoms with E-state index >= 15 is 0 Å². The number of methoxy groups -OCH3 is 1. The Labute approximate surface area is 95.6 Å². The van der Waals surface area contributed by atoms with Gasteiger partial charge in [0.1, 0.15) is 0 Å². The number of aliphatic carboxylic acids is 1. The second kappa shape index (κ2) is 9.11. The van der Waals surface area contributed by atoms with Gasteiger partial charge in [0.2, 0.25) is 5.91 Å². The number of likely N-dealkylation sites (N-methyl/N-ethyl adjacent to an activating group) is 1. The summed E-state index contributed by atoms with van der Waals surface area (Å²) in [7, 11) is 3.17. The van der Waals surface area contributed by atoms with Crippen molar-refractivity contribution in [3.8, 4) is 0 Å². The van der Waals surface area contributed by atoms with Crippen LogP contribution in [0.15, 0.2) is 0 Å². The molecule has 1 amide bonds. The average molecular weight is 232 g/mol. The minimum absolute atomic E-state index is 0.0456. The van der Waals surface area contributed by atoms with Gasteiger partial charge in [0, 0.05) is 33.9 Å². The number of amides is 1. The molecule has 0 rings (SSSR count). The van der Waals surface area contributed by atoms with Crippen molar-refractivity contribution in [2.75, 3.05) is 40.4 Å². The second-order valence-corrected chi connectivity index (χ2v) is 3.44. The van der Waals surface area contributed by atoms with E-state index in [4.69, 9.17) is 9.84 Å². The van der Waals surface area contributed by atoms with E-state index < -0.39 is 5.97 Å². The largest absolute Gasteiger partial charge is 0.481 e. The third kappa shape index (κ3) is 8.19. The molecule has 0 aliphatic heterocycles. The van der Waals surface area contributed by atoms with Crippen molar-refractivity contribution < 1.29 is 19.4 Å². The van der Waals surface area contributed by atoms with Crippen LogP contribution in [0.1, 0.15) is 12.8 Å². The molecule has 0 aliphatic carbocycles. The number of rotatable bonds is 9. The molecule has 0 aliphatic rings. The summed E-state index contributed by atoms with van der Waals surface area (Å²) >= 11 is 0. The molecule has 0 saturated heterocycles. The molecule has 0 bridgehead atoms. The molecule has 0 saturated carbocycles. The molecule has 0 aromatic carbocycles. The highest BCUT2D eigenvalue weighted by atomic mass is 16.5. The number of hydrogen-bond donors (Lipinski definition) is 2. The molecular weight excluding hydrogens is 212 g/mol. The van der Waals surface area contributed by atoms with Crippen molar-refractivity contribution in [2.24, 2.45) is 0 Å². The summed E-state index contributed by atoms with van der Waals surface area (Å²) in [5.74, 6) is -0.962. The van der Waals surface area contributed by atoms with Crippen LogP contribution in [0, 0.1) is 0 Å². The molecule has 0 aromatic heterocycles. The van der Waals surface area contributed by atoms with Gasteiger partial charge in [-0.15, -0.1) is 0 Å². The van der Waals surface area contributed by atoms with Gasteiger partial charge in [-0.3, -0.25) is 14.5 Å². The van der Waals surface area contributed by atoms with E-state index in [9.17, 15) is 9.59 Å². The molecule has 6 heteroatoms. The van der Waals surface area contributed by atoms with Gasteiger partial charge >= 0.3 is 5.97 Å². The lowest BCUT2D eigenvalue weighted by Crippen LogP contribution is -2.37. The molecule has 94 valence electrons. The summed E-state index contributed by atoms with van der Waals surface area (Å²) < 4.78 is 4.91. The normalized spacial score (nSPS) is 10.4. The van der Waals surface area contributed by atoms with Crippen LogP contribution >= 0.6 is 0 Å². The Hall–Kier alpha value is -1.14. The standard InChI is InChI=1S/C10H20N2O4/c1-11-9(13)8-12(5-3-7-16-2)6-4-10(14)15/h3-8H2,1-2H3,(H,11,13)(H,14,15). The van der Waals surface area contributed by atoms with Crippen LogP contribution in [0.25, 0.3) is 0 Å². The number of hydrogen-bond acceptors (Lipinski definition) is 4. The fraction of sp³-hybridized carbons (Fsp3) is 0.800. The summed E-state index contributed by atoms with van der Waals surface area (Å²) in [5.41, 5.74) is 0. The van der Waals surface area contributed by atoms with E-state index in [2.05, 4.69) is 5.32 Å². The van der Waals surface area contributed by atoms with Gasteiger partial charge in [-0.05, 0) is 6.42 Å². The van der Waals surface area contributed by atoms with E-state index in [0.29, 0.717) is 19.7 Å². The van der Waals surface area contributed by atoms with E-state index in [0.717, 1.165) is 6.42 Å². The highest BCUT2D eigenvalue weighted by molar-refractivity contribution is 5.77. The average Bonchev–Trinajstić information content (AvgIpc) is 2.25. The first-order chi connectivity index (χ1) is 7.60. The van der Waals surface area contributed by atoms with Crippen LogP contribution in [0.3, 0.4) is 0 Å². The zero-order valence-corrected chi connectivity index (χ0v) is 9.86. The van der Waals surface area contributed by atoms with E-state index in [1.807, 2.05) is 4.90 Å². The van der Waals surface area contributed by atoms with Crippen molar-refractivity contribution in [3.63, 3.8) is 0 Å². The van der Waals surface area contributed by atoms with Crippen LogP contribution in [0.5, 0.6) is 0 Å². The third-order valence-corrected chi connectivity index (χ3v) is 2.11. The quantitative estimate of drug-likeness (QED) is 0.526. The molecule has 0 radical (unpaired) electrons. The van der Waals surface area contributed by atoms with E-state index in [1.54, 1.807) is 14.2 Å². The van der Waals surface area contributed by atoms with Crippen molar-refractivity contribution in [3.05, 3.63) is 0 Å². The lowest BCUT2D eigenvalue weighted by atomic mass is 10.3. The maximum absolute atomic E-state index is 11.2. The van der Waals surface area contributed by atoms with Gasteiger partial charge < -0.3 is 15.2 Å². The van der Waals surface area contributed by atoms with Gasteiger partial charge in [-0.1, -0.05) is 0 Å². The van der Waals surface area contributed by atoms with E-state index in [-0.39, 0.29) is 18.9 Å². The number of ether oxygens (including phenoxy) is 1. The molecule has 2 N–H and O–H groups in total. The Balaban J connectivity index is 3.94. The van der Waals surface area contributed by atoms with Crippen molar-refractivity contribution in [1.29, 1.82) is 0 Å². The summed E-state index contributed by atoms with van der Waals surface area (Å²) in [6.45, 7) is 1.88. The fourth-order valence-electron chi connectivity index (χ4n) is 1.24. The molecule has 16 heavy (non-hydrogen) atoms. The number of nitrogens with zero attached hydrogens (tertiary/aromatic N) is 1. The molecule has 0 aromatic rings.